The van der Waals surface area contributed by atoms with Gasteiger partial charge in [-0.1, -0.05) is 6.07 Å². The van der Waals surface area contributed by atoms with Crippen LogP contribution < -0.4 is 15.1 Å². The van der Waals surface area contributed by atoms with E-state index in [-0.39, 0.29) is 17.6 Å². The van der Waals surface area contributed by atoms with Crippen LogP contribution >= 0.6 is 0 Å². The second kappa shape index (κ2) is 9.95. The molecule has 170 valence electrons. The van der Waals surface area contributed by atoms with Gasteiger partial charge in [-0.05, 0) is 38.0 Å². The fraction of sp³-hybridized carbons (Fsp3) is 0.478. The van der Waals surface area contributed by atoms with Crippen molar-refractivity contribution in [2.45, 2.75) is 25.8 Å². The van der Waals surface area contributed by atoms with Crippen molar-refractivity contribution in [1.82, 2.24) is 15.2 Å². The number of hydrogen-bond donors (Lipinski definition) is 1. The highest BCUT2D eigenvalue weighted by Gasteiger charge is 2.25. The minimum absolute atomic E-state index is 0.0589. The zero-order chi connectivity index (χ0) is 22.5. The molecule has 0 saturated carbocycles. The number of carbonyl (C=O) groups excluding carboxylic acids is 1. The molecular formula is C23H30N6O3. The van der Waals surface area contributed by atoms with Crippen LogP contribution in [0.1, 0.15) is 30.1 Å². The number of hydrogen-bond acceptors (Lipinski definition) is 7. The van der Waals surface area contributed by atoms with Gasteiger partial charge in [0.1, 0.15) is 5.82 Å². The smallest absolute Gasteiger partial charge is 0.270 e. The first-order valence-electron chi connectivity index (χ1n) is 11.2. The molecule has 2 aromatic rings. The third-order valence-electron chi connectivity index (χ3n) is 6.14. The highest BCUT2D eigenvalue weighted by atomic mass is 16.6. The Bertz CT molecular complexity index is 940. The minimum Gasteiger partial charge on any atom is -0.371 e. The molecule has 32 heavy (non-hydrogen) atoms. The van der Waals surface area contributed by atoms with Gasteiger partial charge in [-0.15, -0.1) is 0 Å². The maximum absolute atomic E-state index is 13.1. The molecule has 1 aromatic heterocycles. The maximum atomic E-state index is 13.1. The number of nitro groups is 1. The summed E-state index contributed by atoms with van der Waals surface area (Å²) in [6.07, 6.45) is 3.95. The van der Waals surface area contributed by atoms with Crippen LogP contribution in [0.25, 0.3) is 0 Å². The van der Waals surface area contributed by atoms with Crippen molar-refractivity contribution in [3.8, 4) is 0 Å². The van der Waals surface area contributed by atoms with Gasteiger partial charge >= 0.3 is 0 Å². The van der Waals surface area contributed by atoms with Gasteiger partial charge in [0.25, 0.3) is 11.6 Å². The third-order valence-corrected chi connectivity index (χ3v) is 6.14. The first-order chi connectivity index (χ1) is 15.5. The molecule has 4 rings (SSSR count). The number of benzene rings is 1. The molecular weight excluding hydrogens is 408 g/mol. The predicted molar refractivity (Wildman–Crippen MR) is 124 cm³/mol. The molecule has 0 aliphatic carbocycles. The van der Waals surface area contributed by atoms with Crippen LogP contribution in [-0.4, -0.2) is 72.6 Å². The van der Waals surface area contributed by atoms with Crippen molar-refractivity contribution in [3.63, 3.8) is 0 Å². The predicted octanol–water partition coefficient (Wildman–Crippen LogP) is 2.53. The van der Waals surface area contributed by atoms with E-state index in [0.29, 0.717) is 5.56 Å². The van der Waals surface area contributed by atoms with Gasteiger partial charge in [0.2, 0.25) is 0 Å². The minimum atomic E-state index is -0.449. The van der Waals surface area contributed by atoms with Gasteiger partial charge in [-0.3, -0.25) is 19.8 Å². The number of non-ortho nitro benzene ring substituents is 1. The number of carbonyl (C=O) groups is 1. The third kappa shape index (κ3) is 5.16. The molecule has 0 bridgehead atoms. The summed E-state index contributed by atoms with van der Waals surface area (Å²) in [5.74, 6) is 0.740. The second-order valence-corrected chi connectivity index (χ2v) is 8.50. The normalized spacial score (nSPS) is 17.9. The van der Waals surface area contributed by atoms with Crippen LogP contribution in [0.2, 0.25) is 0 Å². The summed E-state index contributed by atoms with van der Waals surface area (Å²) >= 11 is 0. The van der Waals surface area contributed by atoms with Crippen LogP contribution in [0.4, 0.5) is 17.2 Å². The summed E-state index contributed by atoms with van der Waals surface area (Å²) in [5, 5.41) is 14.3. The number of pyridine rings is 1. The summed E-state index contributed by atoms with van der Waals surface area (Å²) < 4.78 is 0. The maximum Gasteiger partial charge on any atom is 0.270 e. The second-order valence-electron chi connectivity index (χ2n) is 8.50. The Hall–Kier alpha value is -3.20. The van der Waals surface area contributed by atoms with E-state index in [1.54, 1.807) is 6.07 Å². The standard InChI is InChI=1S/C23H30N6O3/c1-18(17-26-12-14-28(15-13-26)22-6-2-3-9-24-22)25-23(30)20-16-19(29(31)32)7-8-21(20)27-10-4-5-11-27/h2-3,6-9,16,18H,4-5,10-15,17H2,1H3,(H,25,30). The van der Waals surface area contributed by atoms with Gasteiger partial charge in [0.15, 0.2) is 0 Å². The van der Waals surface area contributed by atoms with Gasteiger partial charge < -0.3 is 15.1 Å². The van der Waals surface area contributed by atoms with Crippen molar-refractivity contribution in [1.29, 1.82) is 0 Å². The van der Waals surface area contributed by atoms with Crippen LogP contribution in [0.3, 0.4) is 0 Å². The lowest BCUT2D eigenvalue weighted by Gasteiger charge is -2.36. The summed E-state index contributed by atoms with van der Waals surface area (Å²) in [6, 6.07) is 10.5. The molecule has 1 atom stereocenters. The van der Waals surface area contributed by atoms with E-state index >= 15 is 0 Å². The van der Waals surface area contributed by atoms with Crippen LogP contribution in [0.15, 0.2) is 42.6 Å². The van der Waals surface area contributed by atoms with E-state index < -0.39 is 4.92 Å². The largest absolute Gasteiger partial charge is 0.371 e. The number of nitrogens with zero attached hydrogens (tertiary/aromatic N) is 5. The van der Waals surface area contributed by atoms with Crippen LogP contribution in [0.5, 0.6) is 0 Å². The fourth-order valence-electron chi connectivity index (χ4n) is 4.49. The van der Waals surface area contributed by atoms with E-state index in [2.05, 4.69) is 25.0 Å². The van der Waals surface area contributed by atoms with E-state index in [4.69, 9.17) is 0 Å². The van der Waals surface area contributed by atoms with E-state index in [0.717, 1.165) is 70.2 Å². The Morgan fingerprint density at radius 3 is 2.50 bits per heavy atom. The summed E-state index contributed by atoms with van der Waals surface area (Å²) in [7, 11) is 0. The SMILES string of the molecule is CC(CN1CCN(c2ccccn2)CC1)NC(=O)c1cc([N+](=O)[O-])ccc1N1CCCC1. The van der Waals surface area contributed by atoms with Crippen LogP contribution in [0, 0.1) is 10.1 Å². The topological polar surface area (TPSA) is 94.8 Å². The monoisotopic (exact) mass is 438 g/mol. The van der Waals surface area contributed by atoms with Crippen molar-refractivity contribution >= 4 is 23.1 Å². The number of rotatable bonds is 7. The average molecular weight is 439 g/mol. The number of nitro benzene ring substituents is 1. The molecule has 1 N–H and O–H groups in total. The van der Waals surface area contributed by atoms with E-state index in [9.17, 15) is 14.9 Å². The lowest BCUT2D eigenvalue weighted by molar-refractivity contribution is -0.384. The quantitative estimate of drug-likeness (QED) is 0.524. The number of piperazine rings is 1. The first kappa shape index (κ1) is 22.0. The van der Waals surface area contributed by atoms with Crippen molar-refractivity contribution in [3.05, 3.63) is 58.3 Å². The van der Waals surface area contributed by atoms with Gasteiger partial charge in [0.05, 0.1) is 16.2 Å². The molecule has 1 unspecified atom stereocenters. The lowest BCUT2D eigenvalue weighted by Crippen LogP contribution is -2.51. The number of amides is 1. The molecule has 1 amide bonds. The van der Waals surface area contributed by atoms with Crippen molar-refractivity contribution in [2.24, 2.45) is 0 Å². The Morgan fingerprint density at radius 2 is 1.84 bits per heavy atom. The molecule has 3 heterocycles. The Labute approximate surface area is 188 Å². The zero-order valence-corrected chi connectivity index (χ0v) is 18.4. The van der Waals surface area contributed by atoms with Gasteiger partial charge in [0, 0.05) is 70.2 Å². The van der Waals surface area contributed by atoms with Gasteiger partial charge in [-0.2, -0.15) is 0 Å². The molecule has 2 aliphatic rings. The fourth-order valence-corrected chi connectivity index (χ4v) is 4.49. The molecule has 2 fully saturated rings. The highest BCUT2D eigenvalue weighted by Crippen LogP contribution is 2.28. The number of nitrogens with one attached hydrogen (secondary N) is 1. The Kier molecular flexibility index (Phi) is 6.84. The van der Waals surface area contributed by atoms with Crippen molar-refractivity contribution in [2.75, 3.05) is 55.6 Å². The Balaban J connectivity index is 1.36. The molecule has 9 nitrogen and oxygen atoms in total. The summed E-state index contributed by atoms with van der Waals surface area (Å²) in [6.45, 7) is 8.02. The molecule has 0 radical (unpaired) electrons. The molecule has 2 aliphatic heterocycles. The zero-order valence-electron chi connectivity index (χ0n) is 18.4. The lowest BCUT2D eigenvalue weighted by atomic mass is 10.1. The highest BCUT2D eigenvalue weighted by molar-refractivity contribution is 6.00. The van der Waals surface area contributed by atoms with Crippen LogP contribution in [-0.2, 0) is 0 Å². The number of anilines is 2. The van der Waals surface area contributed by atoms with Gasteiger partial charge in [-0.25, -0.2) is 4.98 Å². The van der Waals surface area contributed by atoms with E-state index in [1.807, 2.05) is 31.3 Å². The molecule has 0 spiro atoms. The summed E-state index contributed by atoms with van der Waals surface area (Å²) in [5.41, 5.74) is 1.10. The van der Waals surface area contributed by atoms with Crippen molar-refractivity contribution < 1.29 is 9.72 Å². The number of aromatic nitrogens is 1. The molecule has 9 heteroatoms. The average Bonchev–Trinajstić information content (AvgIpc) is 3.34. The summed E-state index contributed by atoms with van der Waals surface area (Å²) in [4.78, 5) is 35.1. The Morgan fingerprint density at radius 1 is 1.09 bits per heavy atom. The first-order valence-corrected chi connectivity index (χ1v) is 11.2. The van der Waals surface area contributed by atoms with E-state index in [1.165, 1.54) is 12.1 Å². The molecule has 2 saturated heterocycles. The molecule has 1 aromatic carbocycles.